The number of hydrogen-bond donors (Lipinski definition) is 0. The lowest BCUT2D eigenvalue weighted by molar-refractivity contribution is 0.340. The molecule has 0 saturated heterocycles. The Balaban J connectivity index is 2.45. The molecular formula is C24H34O5Si. The van der Waals surface area contributed by atoms with Crippen LogP contribution in [0.1, 0.15) is 31.9 Å². The number of hydrogen-bond acceptors (Lipinski definition) is 5. The Kier molecular flexibility index (Phi) is 7.47. The number of ether oxygens (including phenoxy) is 4. The Morgan fingerprint density at radius 3 is 1.73 bits per heavy atom. The zero-order valence-electron chi connectivity index (χ0n) is 19.6. The van der Waals surface area contributed by atoms with E-state index in [1.807, 2.05) is 42.5 Å². The lowest BCUT2D eigenvalue weighted by Crippen LogP contribution is -2.43. The highest BCUT2D eigenvalue weighted by Gasteiger charge is 2.39. The summed E-state index contributed by atoms with van der Waals surface area (Å²) in [6, 6.07) is 9.74. The minimum Gasteiger partial charge on any atom is -0.541 e. The molecule has 0 bridgehead atoms. The molecule has 0 aliphatic rings. The Bertz CT molecular complexity index is 897. The molecule has 2 aromatic rings. The molecule has 0 aliphatic carbocycles. The van der Waals surface area contributed by atoms with E-state index in [2.05, 4.69) is 33.9 Å². The van der Waals surface area contributed by atoms with Crippen LogP contribution in [-0.4, -0.2) is 36.8 Å². The van der Waals surface area contributed by atoms with Gasteiger partial charge in [0, 0.05) is 0 Å². The summed E-state index contributed by atoms with van der Waals surface area (Å²) in [6.45, 7) is 11.1. The first-order valence-electron chi connectivity index (χ1n) is 9.91. The van der Waals surface area contributed by atoms with Gasteiger partial charge in [0.2, 0.25) is 5.75 Å². The minimum atomic E-state index is -2.05. The van der Waals surface area contributed by atoms with Gasteiger partial charge in [-0.3, -0.25) is 0 Å². The van der Waals surface area contributed by atoms with E-state index in [-0.39, 0.29) is 5.04 Å². The third-order valence-corrected chi connectivity index (χ3v) is 9.86. The highest BCUT2D eigenvalue weighted by molar-refractivity contribution is 6.74. The van der Waals surface area contributed by atoms with E-state index in [1.165, 1.54) is 0 Å². The van der Waals surface area contributed by atoms with Crippen LogP contribution in [0.15, 0.2) is 30.3 Å². The summed E-state index contributed by atoms with van der Waals surface area (Å²) in [5, 5.41) is 0.0662. The SMILES string of the molecule is COc1ccc(C=Cc2cc(OC)c(OC)c(O[Si](C)(C)C(C)(C)C)c2)cc1OC. The smallest absolute Gasteiger partial charge is 0.250 e. The fourth-order valence-electron chi connectivity index (χ4n) is 2.70. The van der Waals surface area contributed by atoms with Crippen molar-refractivity contribution in [2.45, 2.75) is 38.9 Å². The summed E-state index contributed by atoms with van der Waals surface area (Å²) in [7, 11) is 4.47. The Hall–Kier alpha value is -2.60. The van der Waals surface area contributed by atoms with E-state index in [0.29, 0.717) is 28.7 Å². The molecule has 2 aromatic carbocycles. The van der Waals surface area contributed by atoms with Gasteiger partial charge in [0.1, 0.15) is 0 Å². The zero-order chi connectivity index (χ0) is 22.5. The van der Waals surface area contributed by atoms with Crippen LogP contribution in [0.5, 0.6) is 28.7 Å². The highest BCUT2D eigenvalue weighted by Crippen LogP contribution is 2.44. The first-order valence-corrected chi connectivity index (χ1v) is 12.8. The Morgan fingerprint density at radius 1 is 0.667 bits per heavy atom. The van der Waals surface area contributed by atoms with Gasteiger partial charge in [-0.15, -0.1) is 0 Å². The standard InChI is InChI=1S/C24H34O5Si/c1-24(2,3)30(8,9)29-22-16-18(15-21(27-6)23(22)28-7)11-10-17-12-13-19(25-4)20(14-17)26-5/h10-16H,1-9H3. The molecule has 0 unspecified atom stereocenters. The molecule has 0 heterocycles. The van der Waals surface area contributed by atoms with Crippen LogP contribution in [0, 0.1) is 0 Å². The fraction of sp³-hybridized carbons (Fsp3) is 0.417. The summed E-state index contributed by atoms with van der Waals surface area (Å²) in [5.41, 5.74) is 1.95. The summed E-state index contributed by atoms with van der Waals surface area (Å²) in [6.07, 6.45) is 4.03. The van der Waals surface area contributed by atoms with Gasteiger partial charge >= 0.3 is 0 Å². The van der Waals surface area contributed by atoms with Crippen LogP contribution < -0.4 is 23.4 Å². The van der Waals surface area contributed by atoms with Crippen molar-refractivity contribution in [1.82, 2.24) is 0 Å². The van der Waals surface area contributed by atoms with E-state index in [9.17, 15) is 0 Å². The fourth-order valence-corrected chi connectivity index (χ4v) is 3.71. The van der Waals surface area contributed by atoms with Crippen molar-refractivity contribution in [2.75, 3.05) is 28.4 Å². The normalized spacial score (nSPS) is 12.0. The number of benzene rings is 2. The average molecular weight is 431 g/mol. The molecule has 2 rings (SSSR count). The van der Waals surface area contributed by atoms with Gasteiger partial charge in [-0.05, 0) is 53.5 Å². The van der Waals surface area contributed by atoms with Crippen LogP contribution in [0.4, 0.5) is 0 Å². The van der Waals surface area contributed by atoms with Crippen molar-refractivity contribution in [3.8, 4) is 28.7 Å². The van der Waals surface area contributed by atoms with Crippen LogP contribution in [-0.2, 0) is 0 Å². The van der Waals surface area contributed by atoms with Gasteiger partial charge in [-0.25, -0.2) is 0 Å². The van der Waals surface area contributed by atoms with Crippen molar-refractivity contribution >= 4 is 20.5 Å². The molecule has 0 fully saturated rings. The molecule has 6 heteroatoms. The summed E-state index contributed by atoms with van der Waals surface area (Å²) >= 11 is 0. The van der Waals surface area contributed by atoms with E-state index < -0.39 is 8.32 Å². The average Bonchev–Trinajstić information content (AvgIpc) is 2.70. The molecule has 0 amide bonds. The van der Waals surface area contributed by atoms with E-state index in [0.717, 1.165) is 11.1 Å². The Morgan fingerprint density at radius 2 is 1.20 bits per heavy atom. The Labute approximate surface area is 181 Å². The second-order valence-corrected chi connectivity index (χ2v) is 13.3. The predicted molar refractivity (Wildman–Crippen MR) is 126 cm³/mol. The van der Waals surface area contributed by atoms with E-state index in [1.54, 1.807) is 28.4 Å². The molecule has 30 heavy (non-hydrogen) atoms. The second kappa shape index (κ2) is 9.47. The van der Waals surface area contributed by atoms with Crippen molar-refractivity contribution in [3.05, 3.63) is 41.5 Å². The van der Waals surface area contributed by atoms with Gasteiger partial charge < -0.3 is 23.4 Å². The van der Waals surface area contributed by atoms with Gasteiger partial charge in [-0.1, -0.05) is 39.0 Å². The molecule has 5 nitrogen and oxygen atoms in total. The van der Waals surface area contributed by atoms with Crippen molar-refractivity contribution in [2.24, 2.45) is 0 Å². The van der Waals surface area contributed by atoms with Gasteiger partial charge in [0.25, 0.3) is 8.32 Å². The minimum absolute atomic E-state index is 0.0662. The van der Waals surface area contributed by atoms with Crippen LogP contribution in [0.2, 0.25) is 18.1 Å². The van der Waals surface area contributed by atoms with Gasteiger partial charge in [-0.2, -0.15) is 0 Å². The molecule has 164 valence electrons. The first-order chi connectivity index (χ1) is 14.1. The molecule has 0 aromatic heterocycles. The van der Waals surface area contributed by atoms with Crippen molar-refractivity contribution < 1.29 is 23.4 Å². The number of methoxy groups -OCH3 is 4. The maximum absolute atomic E-state index is 6.55. The van der Waals surface area contributed by atoms with Crippen LogP contribution in [0.25, 0.3) is 12.2 Å². The predicted octanol–water partition coefficient (Wildman–Crippen LogP) is 6.28. The van der Waals surface area contributed by atoms with Crippen molar-refractivity contribution in [3.63, 3.8) is 0 Å². The lowest BCUT2D eigenvalue weighted by atomic mass is 10.1. The second-order valence-electron chi connectivity index (χ2n) is 8.56. The van der Waals surface area contributed by atoms with Crippen LogP contribution in [0.3, 0.4) is 0 Å². The monoisotopic (exact) mass is 430 g/mol. The quantitative estimate of drug-likeness (QED) is 0.364. The molecule has 0 atom stereocenters. The summed E-state index contributed by atoms with van der Waals surface area (Å²) in [5.74, 6) is 3.35. The number of rotatable bonds is 8. The molecule has 0 radical (unpaired) electrons. The molecule has 0 aliphatic heterocycles. The van der Waals surface area contributed by atoms with Crippen molar-refractivity contribution in [1.29, 1.82) is 0 Å². The highest BCUT2D eigenvalue weighted by atomic mass is 28.4. The van der Waals surface area contributed by atoms with Crippen LogP contribution >= 0.6 is 0 Å². The van der Waals surface area contributed by atoms with E-state index >= 15 is 0 Å². The first kappa shape index (κ1) is 23.7. The third kappa shape index (κ3) is 5.30. The lowest BCUT2D eigenvalue weighted by Gasteiger charge is -2.37. The third-order valence-electron chi connectivity index (χ3n) is 5.51. The van der Waals surface area contributed by atoms with E-state index in [4.69, 9.17) is 23.4 Å². The van der Waals surface area contributed by atoms with Gasteiger partial charge in [0.15, 0.2) is 23.0 Å². The summed E-state index contributed by atoms with van der Waals surface area (Å²) in [4.78, 5) is 0. The zero-order valence-corrected chi connectivity index (χ0v) is 20.6. The largest absolute Gasteiger partial charge is 0.541 e. The summed E-state index contributed by atoms with van der Waals surface area (Å²) < 4.78 is 28.4. The van der Waals surface area contributed by atoms with Gasteiger partial charge in [0.05, 0.1) is 28.4 Å². The molecular weight excluding hydrogens is 396 g/mol. The molecule has 0 spiro atoms. The molecule has 0 N–H and O–H groups in total. The maximum atomic E-state index is 6.55. The molecule has 0 saturated carbocycles. The topological polar surface area (TPSA) is 46.2 Å². The maximum Gasteiger partial charge on any atom is 0.250 e.